The van der Waals surface area contributed by atoms with E-state index in [0.29, 0.717) is 0 Å². The van der Waals surface area contributed by atoms with E-state index in [0.717, 1.165) is 17.7 Å². The van der Waals surface area contributed by atoms with E-state index in [1.165, 1.54) is 24.4 Å². The van der Waals surface area contributed by atoms with E-state index < -0.39 is 14.9 Å². The molecule has 1 N–H and O–H groups in total. The summed E-state index contributed by atoms with van der Waals surface area (Å²) < 4.78 is 26.4. The Morgan fingerprint density at radius 1 is 1.15 bits per heavy atom. The minimum absolute atomic E-state index is 0.0644. The summed E-state index contributed by atoms with van der Waals surface area (Å²) in [5.74, 6) is 0.189. The summed E-state index contributed by atoms with van der Waals surface area (Å²) in [6.07, 6.45) is 1.54. The predicted octanol–water partition coefficient (Wildman–Crippen LogP) is 2.10. The van der Waals surface area contributed by atoms with Gasteiger partial charge < -0.3 is 0 Å². The minimum Gasteiger partial charge on any atom is -0.263 e. The molecule has 2 rings (SSSR count). The van der Waals surface area contributed by atoms with Crippen molar-refractivity contribution in [3.05, 3.63) is 58.3 Å². The van der Waals surface area contributed by atoms with Crippen LogP contribution in [0, 0.1) is 17.0 Å². The third-order valence-electron chi connectivity index (χ3n) is 2.51. The Hall–Kier alpha value is -2.48. The fraction of sp³-hybridized carbons (Fsp3) is 0.0833. The van der Waals surface area contributed by atoms with Crippen molar-refractivity contribution in [2.75, 3.05) is 4.72 Å². The Kier molecular flexibility index (Phi) is 3.66. The number of aryl methyl sites for hydroxylation is 1. The molecule has 0 unspecified atom stereocenters. The van der Waals surface area contributed by atoms with Crippen LogP contribution >= 0.6 is 0 Å². The van der Waals surface area contributed by atoms with Crippen LogP contribution in [0.1, 0.15) is 5.56 Å². The monoisotopic (exact) mass is 293 g/mol. The molecule has 1 aromatic carbocycles. The van der Waals surface area contributed by atoms with Gasteiger partial charge in [-0.1, -0.05) is 6.07 Å². The topological polar surface area (TPSA) is 102 Å². The third-order valence-corrected chi connectivity index (χ3v) is 3.88. The first-order chi connectivity index (χ1) is 9.38. The molecular formula is C12H11N3O4S. The number of pyridine rings is 1. The Morgan fingerprint density at radius 2 is 1.80 bits per heavy atom. The second-order valence-corrected chi connectivity index (χ2v) is 5.76. The Labute approximate surface area is 115 Å². The second kappa shape index (κ2) is 5.25. The van der Waals surface area contributed by atoms with Crippen molar-refractivity contribution in [3.8, 4) is 0 Å². The molecule has 0 amide bonds. The smallest absolute Gasteiger partial charge is 0.263 e. The first-order valence-electron chi connectivity index (χ1n) is 5.58. The second-order valence-electron chi connectivity index (χ2n) is 4.08. The van der Waals surface area contributed by atoms with Gasteiger partial charge in [0, 0.05) is 18.3 Å². The maximum absolute atomic E-state index is 12.0. The average molecular weight is 293 g/mol. The molecule has 0 bridgehead atoms. The Morgan fingerprint density at radius 3 is 2.30 bits per heavy atom. The van der Waals surface area contributed by atoms with Gasteiger partial charge in [0.05, 0.1) is 9.82 Å². The van der Waals surface area contributed by atoms with Crippen molar-refractivity contribution in [1.29, 1.82) is 0 Å². The molecule has 0 atom stereocenters. The fourth-order valence-electron chi connectivity index (χ4n) is 1.47. The first kappa shape index (κ1) is 13.9. The number of sulfonamides is 1. The van der Waals surface area contributed by atoms with Crippen LogP contribution in [0.4, 0.5) is 11.5 Å². The molecular weight excluding hydrogens is 282 g/mol. The molecule has 0 saturated heterocycles. The molecule has 0 radical (unpaired) electrons. The first-order valence-corrected chi connectivity index (χ1v) is 7.07. The molecule has 0 aliphatic carbocycles. The van der Waals surface area contributed by atoms with Crippen LogP contribution < -0.4 is 4.72 Å². The van der Waals surface area contributed by atoms with Gasteiger partial charge in [-0.15, -0.1) is 0 Å². The molecule has 0 saturated carbocycles. The van der Waals surface area contributed by atoms with Gasteiger partial charge in [-0.25, -0.2) is 13.4 Å². The fourth-order valence-corrected chi connectivity index (χ4v) is 2.48. The molecule has 0 aliphatic heterocycles. The summed E-state index contributed by atoms with van der Waals surface area (Å²) in [5, 5.41) is 10.5. The summed E-state index contributed by atoms with van der Waals surface area (Å²) in [6, 6.07) is 7.89. The number of nitrogens with one attached hydrogen (secondary N) is 1. The number of nitro benzene ring substituents is 1. The Bertz CT molecular complexity index is 724. The molecule has 104 valence electrons. The normalized spacial score (nSPS) is 11.1. The van der Waals surface area contributed by atoms with E-state index in [1.54, 1.807) is 6.07 Å². The number of hydrogen-bond donors (Lipinski definition) is 1. The summed E-state index contributed by atoms with van der Waals surface area (Å²) in [4.78, 5) is 13.8. The van der Waals surface area contributed by atoms with E-state index in [4.69, 9.17) is 0 Å². The van der Waals surface area contributed by atoms with Gasteiger partial charge in [0.25, 0.3) is 15.7 Å². The molecule has 20 heavy (non-hydrogen) atoms. The van der Waals surface area contributed by atoms with Crippen LogP contribution in [-0.4, -0.2) is 18.3 Å². The lowest BCUT2D eigenvalue weighted by molar-refractivity contribution is -0.384. The van der Waals surface area contributed by atoms with Gasteiger partial charge in [0.15, 0.2) is 0 Å². The zero-order chi connectivity index (χ0) is 14.8. The molecule has 1 aromatic heterocycles. The highest BCUT2D eigenvalue weighted by molar-refractivity contribution is 7.92. The highest BCUT2D eigenvalue weighted by Gasteiger charge is 2.16. The van der Waals surface area contributed by atoms with E-state index in [2.05, 4.69) is 9.71 Å². The molecule has 0 fully saturated rings. The zero-order valence-electron chi connectivity index (χ0n) is 10.5. The quantitative estimate of drug-likeness (QED) is 0.687. The highest BCUT2D eigenvalue weighted by Crippen LogP contribution is 2.18. The van der Waals surface area contributed by atoms with Crippen molar-refractivity contribution in [2.24, 2.45) is 0 Å². The van der Waals surface area contributed by atoms with Crippen molar-refractivity contribution in [1.82, 2.24) is 4.98 Å². The molecule has 2 aromatic rings. The zero-order valence-corrected chi connectivity index (χ0v) is 11.3. The highest BCUT2D eigenvalue weighted by atomic mass is 32.2. The van der Waals surface area contributed by atoms with Crippen molar-refractivity contribution in [2.45, 2.75) is 11.8 Å². The molecule has 8 heteroatoms. The van der Waals surface area contributed by atoms with Crippen molar-refractivity contribution < 1.29 is 13.3 Å². The van der Waals surface area contributed by atoms with Gasteiger partial charge in [0.1, 0.15) is 5.82 Å². The molecule has 0 aliphatic rings. The van der Waals surface area contributed by atoms with Gasteiger partial charge in [-0.3, -0.25) is 14.8 Å². The lowest BCUT2D eigenvalue weighted by atomic mass is 10.3. The standard InChI is InChI=1S/C12H11N3O4S/c1-9-2-7-12(13-8-9)14-20(18,19)11-5-3-10(4-6-11)15(16)17/h2-8H,1H3,(H,13,14). The summed E-state index contributed by atoms with van der Waals surface area (Å²) in [7, 11) is -3.80. The summed E-state index contributed by atoms with van der Waals surface area (Å²) in [6.45, 7) is 1.83. The van der Waals surface area contributed by atoms with Crippen LogP contribution in [-0.2, 0) is 10.0 Å². The van der Waals surface area contributed by atoms with Crippen LogP contribution in [0.2, 0.25) is 0 Å². The lowest BCUT2D eigenvalue weighted by Crippen LogP contribution is -2.13. The minimum atomic E-state index is -3.80. The number of anilines is 1. The van der Waals surface area contributed by atoms with E-state index in [9.17, 15) is 18.5 Å². The van der Waals surface area contributed by atoms with Crippen molar-refractivity contribution >= 4 is 21.5 Å². The van der Waals surface area contributed by atoms with Gasteiger partial charge >= 0.3 is 0 Å². The van der Waals surface area contributed by atoms with Crippen molar-refractivity contribution in [3.63, 3.8) is 0 Å². The van der Waals surface area contributed by atoms with E-state index in [-0.39, 0.29) is 16.4 Å². The van der Waals surface area contributed by atoms with Crippen LogP contribution in [0.5, 0.6) is 0 Å². The number of nitrogens with zero attached hydrogens (tertiary/aromatic N) is 2. The molecule has 0 spiro atoms. The Balaban J connectivity index is 2.26. The molecule has 1 heterocycles. The van der Waals surface area contributed by atoms with Crippen LogP contribution in [0.3, 0.4) is 0 Å². The number of hydrogen-bond acceptors (Lipinski definition) is 5. The van der Waals surface area contributed by atoms with E-state index in [1.807, 2.05) is 6.92 Å². The van der Waals surface area contributed by atoms with Gasteiger partial charge in [-0.05, 0) is 30.7 Å². The molecule has 7 nitrogen and oxygen atoms in total. The number of benzene rings is 1. The average Bonchev–Trinajstić information content (AvgIpc) is 2.41. The maximum atomic E-state index is 12.0. The SMILES string of the molecule is Cc1ccc(NS(=O)(=O)c2ccc([N+](=O)[O-])cc2)nc1. The van der Waals surface area contributed by atoms with Gasteiger partial charge in [0.2, 0.25) is 0 Å². The number of rotatable bonds is 4. The number of aromatic nitrogens is 1. The third kappa shape index (κ3) is 3.09. The van der Waals surface area contributed by atoms with Crippen LogP contribution in [0.25, 0.3) is 0 Å². The number of nitro groups is 1. The maximum Gasteiger partial charge on any atom is 0.269 e. The predicted molar refractivity (Wildman–Crippen MR) is 72.9 cm³/mol. The summed E-state index contributed by atoms with van der Waals surface area (Å²) >= 11 is 0. The largest absolute Gasteiger partial charge is 0.269 e. The van der Waals surface area contributed by atoms with Gasteiger partial charge in [-0.2, -0.15) is 0 Å². The van der Waals surface area contributed by atoms with Crippen LogP contribution in [0.15, 0.2) is 47.5 Å². The van der Waals surface area contributed by atoms with E-state index >= 15 is 0 Å². The summed E-state index contributed by atoms with van der Waals surface area (Å²) in [5.41, 5.74) is 0.737. The lowest BCUT2D eigenvalue weighted by Gasteiger charge is -2.07. The number of non-ortho nitro benzene ring substituents is 1.